The molecule has 3 nitrogen and oxygen atoms in total. The summed E-state index contributed by atoms with van der Waals surface area (Å²) in [5, 5.41) is 0. The maximum absolute atomic E-state index is 5.29. The Hall–Kier alpha value is -0.479. The number of nitrogens with zero attached hydrogens (tertiary/aromatic N) is 2. The Morgan fingerprint density at radius 3 is 2.15 bits per heavy atom. The normalized spacial score (nSPS) is 12.7. The first kappa shape index (κ1) is 19.5. The Kier molecular flexibility index (Phi) is 7.33. The molecule has 1 aromatic carbocycles. The van der Waals surface area contributed by atoms with Crippen LogP contribution >= 0.6 is 0 Å². The zero-order valence-corrected chi connectivity index (χ0v) is 16.1. The van der Waals surface area contributed by atoms with Gasteiger partial charge in [0.2, 0.25) is 0 Å². The summed E-state index contributed by atoms with van der Waals surface area (Å²) < 4.78 is 10.2. The number of benzene rings is 1. The number of methoxy groups -OCH3 is 1. The van der Waals surface area contributed by atoms with E-state index >= 15 is 0 Å². The first-order valence-corrected chi connectivity index (χ1v) is 13.5. The van der Waals surface area contributed by atoms with E-state index in [0.29, 0.717) is 0 Å². The van der Waals surface area contributed by atoms with E-state index in [9.17, 15) is 0 Å². The van der Waals surface area contributed by atoms with Crippen LogP contribution in [-0.4, -0.2) is 29.4 Å². The number of amidine groups is 1. The second kappa shape index (κ2) is 7.51. The molecule has 0 bridgehead atoms. The molecular weight excluding hydrogens is 275 g/mol. The fourth-order valence-electron chi connectivity index (χ4n) is 1.55. The average Bonchev–Trinajstić information content (AvgIpc) is 2.24. The minimum Gasteiger partial charge on any atom is -0.497 e. The Balaban J connectivity index is 0.00000361. The van der Waals surface area contributed by atoms with Gasteiger partial charge < -0.3 is 14.4 Å². The maximum Gasteiger partial charge on any atom is 1.00 e. The topological polar surface area (TPSA) is 35.7 Å². The molecule has 0 N–H and O–H groups in total. The SMILES string of the molecule is COc1cccc(/C(=N/[Si](C)(C)C)[N-][Si](C)(C)C)c1.[Li+]. The van der Waals surface area contributed by atoms with Crippen molar-refractivity contribution in [1.82, 2.24) is 0 Å². The van der Waals surface area contributed by atoms with Gasteiger partial charge in [-0.3, -0.25) is 0 Å². The maximum atomic E-state index is 5.29. The van der Waals surface area contributed by atoms with Gasteiger partial charge in [-0.25, -0.2) is 0 Å². The van der Waals surface area contributed by atoms with Crippen molar-refractivity contribution >= 4 is 22.3 Å². The van der Waals surface area contributed by atoms with Crippen LogP contribution in [0.1, 0.15) is 5.56 Å². The molecule has 0 radical (unpaired) electrons. The fraction of sp³-hybridized carbons (Fsp3) is 0.500. The number of hydrogen-bond donors (Lipinski definition) is 0. The van der Waals surface area contributed by atoms with Crippen molar-refractivity contribution in [3.8, 4) is 5.75 Å². The molecule has 0 atom stereocenters. The van der Waals surface area contributed by atoms with Crippen molar-refractivity contribution in [3.63, 3.8) is 0 Å². The molecule has 0 heterocycles. The summed E-state index contributed by atoms with van der Waals surface area (Å²) in [6.45, 7) is 13.4. The molecule has 6 heteroatoms. The number of rotatable bonds is 4. The largest absolute Gasteiger partial charge is 1.00 e. The molecule has 0 saturated heterocycles. The summed E-state index contributed by atoms with van der Waals surface area (Å²) in [6, 6.07) is 8.02. The van der Waals surface area contributed by atoms with E-state index < -0.39 is 16.5 Å². The molecule has 0 aliphatic carbocycles. The zero-order chi connectivity index (χ0) is 14.7. The van der Waals surface area contributed by atoms with Crippen molar-refractivity contribution < 1.29 is 23.6 Å². The van der Waals surface area contributed by atoms with Crippen molar-refractivity contribution in [2.75, 3.05) is 7.11 Å². The van der Waals surface area contributed by atoms with Crippen molar-refractivity contribution in [1.29, 1.82) is 0 Å². The van der Waals surface area contributed by atoms with E-state index in [-0.39, 0.29) is 18.9 Å². The molecule has 0 unspecified atom stereocenters. The number of ether oxygens (including phenoxy) is 1. The van der Waals surface area contributed by atoms with Crippen molar-refractivity contribution in [2.45, 2.75) is 39.3 Å². The van der Waals surface area contributed by atoms with Gasteiger partial charge in [-0.1, -0.05) is 57.3 Å². The van der Waals surface area contributed by atoms with Gasteiger partial charge in [0.1, 0.15) is 5.75 Å². The van der Waals surface area contributed by atoms with Gasteiger partial charge in [0.15, 0.2) is 0 Å². The summed E-state index contributed by atoms with van der Waals surface area (Å²) >= 11 is 0. The molecule has 0 aromatic heterocycles. The molecule has 20 heavy (non-hydrogen) atoms. The summed E-state index contributed by atoms with van der Waals surface area (Å²) in [4.78, 5) is 4.91. The van der Waals surface area contributed by atoms with Gasteiger partial charge in [-0.2, -0.15) is 0 Å². The van der Waals surface area contributed by atoms with Gasteiger partial charge >= 0.3 is 18.9 Å². The van der Waals surface area contributed by atoms with Crippen LogP contribution in [0.25, 0.3) is 4.98 Å². The van der Waals surface area contributed by atoms with E-state index in [1.807, 2.05) is 18.2 Å². The van der Waals surface area contributed by atoms with E-state index in [1.54, 1.807) is 7.11 Å². The van der Waals surface area contributed by atoms with Crippen LogP contribution in [-0.2, 0) is 0 Å². The summed E-state index contributed by atoms with van der Waals surface area (Å²) in [5.41, 5.74) is 1.06. The zero-order valence-electron chi connectivity index (χ0n) is 14.1. The third-order valence-electron chi connectivity index (χ3n) is 2.21. The van der Waals surface area contributed by atoms with Gasteiger partial charge in [-0.15, -0.1) is 0 Å². The van der Waals surface area contributed by atoms with Crippen LogP contribution < -0.4 is 23.6 Å². The van der Waals surface area contributed by atoms with E-state index in [4.69, 9.17) is 14.4 Å². The quantitative estimate of drug-likeness (QED) is 0.471. The fourth-order valence-corrected chi connectivity index (χ4v) is 3.28. The average molecular weight is 300 g/mol. The Bertz CT molecular complexity index is 465. The molecular formula is C14H25LiN2OSi2. The molecule has 1 rings (SSSR count). The van der Waals surface area contributed by atoms with Crippen LogP contribution in [0, 0.1) is 0 Å². The molecule has 0 amide bonds. The van der Waals surface area contributed by atoms with Gasteiger partial charge in [0, 0.05) is 16.5 Å². The third-order valence-corrected chi connectivity index (χ3v) is 3.98. The van der Waals surface area contributed by atoms with Gasteiger partial charge in [0.05, 0.1) is 7.11 Å². The van der Waals surface area contributed by atoms with E-state index in [0.717, 1.165) is 17.1 Å². The van der Waals surface area contributed by atoms with Crippen LogP contribution in [0.5, 0.6) is 5.75 Å². The van der Waals surface area contributed by atoms with Gasteiger partial charge in [0.25, 0.3) is 0 Å². The van der Waals surface area contributed by atoms with Crippen molar-refractivity contribution in [2.24, 2.45) is 4.66 Å². The predicted molar refractivity (Wildman–Crippen MR) is 89.6 cm³/mol. The monoisotopic (exact) mass is 300 g/mol. The molecule has 106 valence electrons. The second-order valence-electron chi connectivity index (χ2n) is 6.62. The van der Waals surface area contributed by atoms with Crippen molar-refractivity contribution in [3.05, 3.63) is 34.8 Å². The molecule has 0 spiro atoms. The Morgan fingerprint density at radius 2 is 1.70 bits per heavy atom. The minimum absolute atomic E-state index is 0. The van der Waals surface area contributed by atoms with Crippen LogP contribution in [0.2, 0.25) is 39.3 Å². The second-order valence-corrected chi connectivity index (χ2v) is 15.8. The smallest absolute Gasteiger partial charge is 0.497 e. The molecule has 0 aliphatic rings. The first-order valence-electron chi connectivity index (χ1n) is 6.58. The summed E-state index contributed by atoms with van der Waals surface area (Å²) in [7, 11) is -1.43. The third kappa shape index (κ3) is 7.34. The van der Waals surface area contributed by atoms with E-state index in [1.165, 1.54) is 0 Å². The minimum atomic E-state index is -1.55. The standard InChI is InChI=1S/C14H25N2OSi2.Li/c1-17-13-10-8-9-12(11-13)14(15-18(2,3)4)16-19(5,6)7;/h8-11H,1-7H3;/q-1;+1. The first-order chi connectivity index (χ1) is 8.61. The Morgan fingerprint density at radius 1 is 1.10 bits per heavy atom. The Labute approximate surface area is 137 Å². The predicted octanol–water partition coefficient (Wildman–Crippen LogP) is 1.49. The van der Waals surface area contributed by atoms with Crippen LogP contribution in [0.15, 0.2) is 28.9 Å². The molecule has 0 saturated carbocycles. The van der Waals surface area contributed by atoms with Crippen LogP contribution in [0.3, 0.4) is 0 Å². The summed E-state index contributed by atoms with van der Waals surface area (Å²) in [5.74, 6) is 1.75. The molecule has 0 fully saturated rings. The van der Waals surface area contributed by atoms with Gasteiger partial charge in [-0.05, 0) is 17.7 Å². The number of hydrogen-bond acceptors (Lipinski definition) is 2. The van der Waals surface area contributed by atoms with Crippen LogP contribution in [0.4, 0.5) is 0 Å². The molecule has 0 aliphatic heterocycles. The van der Waals surface area contributed by atoms with E-state index in [2.05, 4.69) is 45.3 Å². The summed E-state index contributed by atoms with van der Waals surface area (Å²) in [6.07, 6.45) is 0. The molecule has 1 aromatic rings.